The number of benzene rings is 2. The molecule has 0 bridgehead atoms. The number of nitrogens with two attached hydrogens (primary N) is 1. The predicted molar refractivity (Wildman–Crippen MR) is 104 cm³/mol. The zero-order valence-corrected chi connectivity index (χ0v) is 16.3. The molecule has 3 nitrogen and oxygen atoms in total. The van der Waals surface area contributed by atoms with Gasteiger partial charge >= 0.3 is 6.18 Å². The lowest BCUT2D eigenvalue weighted by Gasteiger charge is -2.21. The van der Waals surface area contributed by atoms with Crippen LogP contribution in [0.1, 0.15) is 28.8 Å². The molecule has 2 aromatic carbocycles. The van der Waals surface area contributed by atoms with Crippen LogP contribution in [0.3, 0.4) is 0 Å². The standard InChI is InChI=1S/C21H20F4N2O.ClH/c22-15-5-6-16(12-2-1-3-14(8-12)21(23,24)25)17(9-15)20(28)27-10-13-4-7-19(26)18(13)11-27;/h1-3,5-6,8-9,13,18-19H,4,7,10-11,26H2;1H. The van der Waals surface area contributed by atoms with Gasteiger partial charge in [0.15, 0.2) is 0 Å². The first kappa shape index (κ1) is 21.6. The summed E-state index contributed by atoms with van der Waals surface area (Å²) in [6, 6.07) is 8.41. The third kappa shape index (κ3) is 4.12. The molecule has 1 saturated heterocycles. The van der Waals surface area contributed by atoms with Crippen LogP contribution in [0, 0.1) is 17.7 Å². The van der Waals surface area contributed by atoms with Gasteiger partial charge in [-0.3, -0.25) is 4.79 Å². The Labute approximate surface area is 172 Å². The number of hydrogen-bond acceptors (Lipinski definition) is 2. The predicted octanol–water partition coefficient (Wildman–Crippen LogP) is 4.74. The largest absolute Gasteiger partial charge is 0.416 e. The van der Waals surface area contributed by atoms with E-state index >= 15 is 0 Å². The lowest BCUT2D eigenvalue weighted by atomic mass is 9.97. The minimum Gasteiger partial charge on any atom is -0.338 e. The molecule has 156 valence electrons. The lowest BCUT2D eigenvalue weighted by Crippen LogP contribution is -2.33. The maximum Gasteiger partial charge on any atom is 0.416 e. The van der Waals surface area contributed by atoms with Gasteiger partial charge < -0.3 is 10.6 Å². The van der Waals surface area contributed by atoms with E-state index in [9.17, 15) is 22.4 Å². The van der Waals surface area contributed by atoms with Gasteiger partial charge in [-0.25, -0.2) is 4.39 Å². The number of alkyl halides is 3. The molecule has 29 heavy (non-hydrogen) atoms. The molecule has 3 unspecified atom stereocenters. The summed E-state index contributed by atoms with van der Waals surface area (Å²) in [6.07, 6.45) is -2.60. The van der Waals surface area contributed by atoms with Crippen molar-refractivity contribution in [3.63, 3.8) is 0 Å². The SMILES string of the molecule is Cl.NC1CCC2CN(C(=O)c3cc(F)ccc3-c3cccc(C(F)(F)F)c3)CC12. The van der Waals surface area contributed by atoms with Crippen LogP contribution < -0.4 is 5.73 Å². The van der Waals surface area contributed by atoms with Gasteiger partial charge in [-0.15, -0.1) is 12.4 Å². The van der Waals surface area contributed by atoms with Crippen molar-refractivity contribution in [1.29, 1.82) is 0 Å². The maximum atomic E-state index is 13.9. The Morgan fingerprint density at radius 1 is 1.07 bits per heavy atom. The Hall–Kier alpha value is -2.12. The highest BCUT2D eigenvalue weighted by atomic mass is 35.5. The Morgan fingerprint density at radius 2 is 1.83 bits per heavy atom. The highest BCUT2D eigenvalue weighted by molar-refractivity contribution is 6.01. The Morgan fingerprint density at radius 3 is 2.52 bits per heavy atom. The molecule has 0 radical (unpaired) electrons. The molecule has 2 aromatic rings. The molecule has 1 aliphatic carbocycles. The molecule has 2 fully saturated rings. The third-order valence-corrected chi connectivity index (χ3v) is 5.91. The first-order valence-electron chi connectivity index (χ1n) is 9.26. The number of carbonyl (C=O) groups excluding carboxylic acids is 1. The molecule has 4 rings (SSSR count). The highest BCUT2D eigenvalue weighted by Gasteiger charge is 2.43. The molecule has 1 saturated carbocycles. The van der Waals surface area contributed by atoms with Crippen molar-refractivity contribution < 1.29 is 22.4 Å². The van der Waals surface area contributed by atoms with Gasteiger partial charge in [0.25, 0.3) is 5.91 Å². The second-order valence-electron chi connectivity index (χ2n) is 7.64. The third-order valence-electron chi connectivity index (χ3n) is 5.91. The first-order valence-corrected chi connectivity index (χ1v) is 9.26. The number of nitrogens with zero attached hydrogens (tertiary/aromatic N) is 1. The summed E-state index contributed by atoms with van der Waals surface area (Å²) in [4.78, 5) is 14.8. The van der Waals surface area contributed by atoms with E-state index in [4.69, 9.17) is 5.73 Å². The van der Waals surface area contributed by atoms with E-state index < -0.39 is 17.6 Å². The normalized spacial score (nSPS) is 23.6. The van der Waals surface area contributed by atoms with E-state index in [0.717, 1.165) is 37.1 Å². The summed E-state index contributed by atoms with van der Waals surface area (Å²) in [5, 5.41) is 0. The number of likely N-dealkylation sites (tertiary alicyclic amines) is 1. The van der Waals surface area contributed by atoms with Crippen LogP contribution in [0.25, 0.3) is 11.1 Å². The van der Waals surface area contributed by atoms with Crippen LogP contribution in [0.4, 0.5) is 17.6 Å². The fourth-order valence-corrected chi connectivity index (χ4v) is 4.45. The van der Waals surface area contributed by atoms with Crippen molar-refractivity contribution in [2.75, 3.05) is 13.1 Å². The van der Waals surface area contributed by atoms with Gasteiger partial charge in [0.1, 0.15) is 5.82 Å². The van der Waals surface area contributed by atoms with Crippen molar-refractivity contribution in [3.8, 4) is 11.1 Å². The van der Waals surface area contributed by atoms with Crippen LogP contribution in [0.15, 0.2) is 42.5 Å². The zero-order valence-electron chi connectivity index (χ0n) is 15.5. The van der Waals surface area contributed by atoms with E-state index in [0.29, 0.717) is 24.6 Å². The number of fused-ring (bicyclic) bond motifs is 1. The molecular weight excluding hydrogens is 408 g/mol. The molecule has 2 N–H and O–H groups in total. The van der Waals surface area contributed by atoms with Crippen LogP contribution in [0.2, 0.25) is 0 Å². The number of amides is 1. The minimum absolute atomic E-state index is 0. The van der Waals surface area contributed by atoms with Crippen LogP contribution >= 0.6 is 12.4 Å². The van der Waals surface area contributed by atoms with Gasteiger partial charge in [0, 0.05) is 19.1 Å². The topological polar surface area (TPSA) is 46.3 Å². The van der Waals surface area contributed by atoms with E-state index in [1.165, 1.54) is 18.2 Å². The number of hydrogen-bond donors (Lipinski definition) is 1. The van der Waals surface area contributed by atoms with Crippen LogP contribution in [-0.4, -0.2) is 29.9 Å². The van der Waals surface area contributed by atoms with Crippen molar-refractivity contribution in [3.05, 3.63) is 59.4 Å². The van der Waals surface area contributed by atoms with Gasteiger partial charge in [-0.05, 0) is 60.1 Å². The van der Waals surface area contributed by atoms with Crippen LogP contribution in [0.5, 0.6) is 0 Å². The summed E-state index contributed by atoms with van der Waals surface area (Å²) in [5.41, 5.74) is 5.91. The fraction of sp³-hybridized carbons (Fsp3) is 0.381. The smallest absolute Gasteiger partial charge is 0.338 e. The van der Waals surface area contributed by atoms with Crippen molar-refractivity contribution in [2.45, 2.75) is 25.1 Å². The second-order valence-corrected chi connectivity index (χ2v) is 7.64. The van der Waals surface area contributed by atoms with Gasteiger partial charge in [-0.2, -0.15) is 13.2 Å². The Kier molecular flexibility index (Phi) is 5.92. The van der Waals surface area contributed by atoms with Crippen molar-refractivity contribution in [2.24, 2.45) is 17.6 Å². The van der Waals surface area contributed by atoms with Gasteiger partial charge in [0.2, 0.25) is 0 Å². The number of rotatable bonds is 2. The van der Waals surface area contributed by atoms with Crippen LogP contribution in [-0.2, 0) is 6.18 Å². The molecule has 0 spiro atoms. The summed E-state index contributed by atoms with van der Waals surface area (Å²) in [7, 11) is 0. The van der Waals surface area contributed by atoms with Crippen molar-refractivity contribution >= 4 is 18.3 Å². The highest BCUT2D eigenvalue weighted by Crippen LogP contribution is 2.39. The Bertz CT molecular complexity index is 918. The molecule has 1 heterocycles. The van der Waals surface area contributed by atoms with E-state index in [1.54, 1.807) is 4.90 Å². The molecule has 0 aromatic heterocycles. The minimum atomic E-state index is -4.50. The van der Waals surface area contributed by atoms with Gasteiger partial charge in [0.05, 0.1) is 11.1 Å². The lowest BCUT2D eigenvalue weighted by molar-refractivity contribution is -0.137. The molecule has 1 aliphatic heterocycles. The molecule has 2 aliphatic rings. The van der Waals surface area contributed by atoms with E-state index in [2.05, 4.69) is 0 Å². The first-order chi connectivity index (χ1) is 13.2. The van der Waals surface area contributed by atoms with Crippen molar-refractivity contribution in [1.82, 2.24) is 4.90 Å². The summed E-state index contributed by atoms with van der Waals surface area (Å²) in [6.45, 7) is 1.05. The summed E-state index contributed by atoms with van der Waals surface area (Å²) >= 11 is 0. The van der Waals surface area contributed by atoms with Gasteiger partial charge in [-0.1, -0.05) is 18.2 Å². The monoisotopic (exact) mass is 428 g/mol. The second kappa shape index (κ2) is 7.95. The Balaban J connectivity index is 0.00000240. The quantitative estimate of drug-likeness (QED) is 0.702. The number of halogens is 5. The maximum absolute atomic E-state index is 13.9. The molecule has 3 atom stereocenters. The zero-order chi connectivity index (χ0) is 20.1. The molecule has 1 amide bonds. The fourth-order valence-electron chi connectivity index (χ4n) is 4.45. The average Bonchev–Trinajstić information content (AvgIpc) is 3.23. The molecular formula is C21H21ClF4N2O. The summed E-state index contributed by atoms with van der Waals surface area (Å²) < 4.78 is 53.1. The van der Waals surface area contributed by atoms with E-state index in [1.807, 2.05) is 0 Å². The summed E-state index contributed by atoms with van der Waals surface area (Å²) in [5.74, 6) is -0.400. The van der Waals surface area contributed by atoms with E-state index in [-0.39, 0.29) is 41.4 Å². The number of carbonyl (C=O) groups is 1. The molecule has 8 heteroatoms. The average molecular weight is 429 g/mol.